The third-order valence-electron chi connectivity index (χ3n) is 5.10. The van der Waals surface area contributed by atoms with Crippen LogP contribution < -0.4 is 4.74 Å². The minimum absolute atomic E-state index is 0.205. The number of aromatic nitrogens is 3. The highest BCUT2D eigenvalue weighted by molar-refractivity contribution is 5.99. The van der Waals surface area contributed by atoms with Crippen LogP contribution >= 0.6 is 0 Å². The van der Waals surface area contributed by atoms with Crippen molar-refractivity contribution in [2.75, 3.05) is 7.11 Å². The summed E-state index contributed by atoms with van der Waals surface area (Å²) in [6.45, 7) is 4.40. The number of methoxy groups -OCH3 is 1. The maximum Gasteiger partial charge on any atom is 0.337 e. The van der Waals surface area contributed by atoms with Crippen molar-refractivity contribution in [3.05, 3.63) is 77.4 Å². The van der Waals surface area contributed by atoms with Crippen LogP contribution in [0, 0.1) is 0 Å². The molecule has 8 heteroatoms. The van der Waals surface area contributed by atoms with Crippen LogP contribution in [0.1, 0.15) is 47.3 Å². The van der Waals surface area contributed by atoms with Gasteiger partial charge in [0.1, 0.15) is 30.6 Å². The van der Waals surface area contributed by atoms with Crippen LogP contribution in [0.5, 0.6) is 5.75 Å². The van der Waals surface area contributed by atoms with E-state index in [1.807, 2.05) is 12.1 Å². The average molecular weight is 420 g/mol. The first kappa shape index (κ1) is 20.6. The number of carbonyl (C=O) groups excluding carboxylic acids is 1. The molecule has 1 aliphatic heterocycles. The molecule has 2 heterocycles. The Kier molecular flexibility index (Phi) is 5.70. The molecule has 0 unspecified atom stereocenters. The summed E-state index contributed by atoms with van der Waals surface area (Å²) in [7, 11) is 1.35. The molecule has 0 amide bonds. The number of benzene rings is 2. The van der Waals surface area contributed by atoms with Crippen molar-refractivity contribution in [3.63, 3.8) is 0 Å². The van der Waals surface area contributed by atoms with Crippen LogP contribution in [0.4, 0.5) is 0 Å². The second-order valence-corrected chi connectivity index (χ2v) is 7.90. The van der Waals surface area contributed by atoms with E-state index in [-0.39, 0.29) is 18.2 Å². The summed E-state index contributed by atoms with van der Waals surface area (Å²) in [6, 6.07) is 13.0. The maximum atomic E-state index is 11.6. The number of ether oxygens (including phenoxy) is 2. The molecule has 0 bridgehead atoms. The lowest BCUT2D eigenvalue weighted by Gasteiger charge is -2.32. The molecule has 0 saturated carbocycles. The third kappa shape index (κ3) is 4.74. The van der Waals surface area contributed by atoms with E-state index in [9.17, 15) is 4.79 Å². The normalized spacial score (nSPS) is 15.0. The van der Waals surface area contributed by atoms with Crippen LogP contribution in [-0.4, -0.2) is 39.3 Å². The zero-order valence-corrected chi connectivity index (χ0v) is 17.7. The summed E-state index contributed by atoms with van der Waals surface area (Å²) in [6.07, 6.45) is 4.95. The summed E-state index contributed by atoms with van der Waals surface area (Å²) in [5.41, 5.74) is 3.12. The fourth-order valence-corrected chi connectivity index (χ4v) is 3.35. The van der Waals surface area contributed by atoms with Gasteiger partial charge in [-0.05, 0) is 56.0 Å². The molecule has 0 radical (unpaired) electrons. The molecule has 0 atom stereocenters. The number of rotatable bonds is 5. The number of fused-ring (bicyclic) bond motifs is 1. The van der Waals surface area contributed by atoms with E-state index >= 15 is 0 Å². The number of esters is 1. The van der Waals surface area contributed by atoms with Crippen molar-refractivity contribution in [2.45, 2.75) is 38.9 Å². The molecule has 8 nitrogen and oxygen atoms in total. The molecular formula is C23H24N4O4. The Labute approximate surface area is 180 Å². The van der Waals surface area contributed by atoms with Gasteiger partial charge in [-0.25, -0.2) is 9.78 Å². The lowest BCUT2D eigenvalue weighted by Crippen LogP contribution is -2.32. The summed E-state index contributed by atoms with van der Waals surface area (Å²) in [5.74, 6) is 0.968. The van der Waals surface area contributed by atoms with E-state index in [1.165, 1.54) is 19.0 Å². The second kappa shape index (κ2) is 8.59. The lowest BCUT2D eigenvalue weighted by molar-refractivity contribution is 0.0600. The number of aryl methyl sites for hydroxylation is 1. The Morgan fingerprint density at radius 3 is 2.68 bits per heavy atom. The van der Waals surface area contributed by atoms with Crippen molar-refractivity contribution < 1.29 is 19.1 Å². The molecule has 1 aliphatic rings. The SMILES string of the molecule is COC(=O)c1ccc(CO/N=C(/c2ccc3c(c2)OC(C)(C)CC3)n2cncn2)cc1. The summed E-state index contributed by atoms with van der Waals surface area (Å²) in [4.78, 5) is 21.2. The molecule has 0 N–H and O–H groups in total. The molecular weight excluding hydrogens is 396 g/mol. The van der Waals surface area contributed by atoms with Gasteiger partial charge >= 0.3 is 5.97 Å². The minimum Gasteiger partial charge on any atom is -0.488 e. The van der Waals surface area contributed by atoms with E-state index in [2.05, 4.69) is 35.2 Å². The monoisotopic (exact) mass is 420 g/mol. The Balaban J connectivity index is 1.55. The fraction of sp³-hybridized carbons (Fsp3) is 0.304. The second-order valence-electron chi connectivity index (χ2n) is 7.90. The number of hydrogen-bond donors (Lipinski definition) is 0. The largest absolute Gasteiger partial charge is 0.488 e. The summed E-state index contributed by atoms with van der Waals surface area (Å²) >= 11 is 0. The first-order valence-electron chi connectivity index (χ1n) is 10.00. The zero-order valence-electron chi connectivity index (χ0n) is 17.7. The molecule has 1 aromatic heterocycles. The fourth-order valence-electron chi connectivity index (χ4n) is 3.35. The third-order valence-corrected chi connectivity index (χ3v) is 5.10. The van der Waals surface area contributed by atoms with Gasteiger partial charge in [0.15, 0.2) is 0 Å². The molecule has 0 saturated heterocycles. The highest BCUT2D eigenvalue weighted by atomic mass is 16.6. The predicted octanol–water partition coefficient (Wildman–Crippen LogP) is 3.60. The number of oxime groups is 1. The minimum atomic E-state index is -0.378. The lowest BCUT2D eigenvalue weighted by atomic mass is 9.93. The quantitative estimate of drug-likeness (QED) is 0.271. The van der Waals surface area contributed by atoms with Crippen molar-refractivity contribution >= 4 is 11.8 Å². The highest BCUT2D eigenvalue weighted by Gasteiger charge is 2.27. The Bertz CT molecular complexity index is 1090. The van der Waals surface area contributed by atoms with E-state index in [1.54, 1.807) is 35.3 Å². The number of carbonyl (C=O) groups is 1. The van der Waals surface area contributed by atoms with E-state index in [4.69, 9.17) is 14.3 Å². The van der Waals surface area contributed by atoms with Crippen molar-refractivity contribution in [1.82, 2.24) is 14.8 Å². The van der Waals surface area contributed by atoms with Gasteiger partial charge in [0, 0.05) is 5.56 Å². The predicted molar refractivity (Wildman–Crippen MR) is 114 cm³/mol. The van der Waals surface area contributed by atoms with Gasteiger partial charge < -0.3 is 14.3 Å². The Morgan fingerprint density at radius 2 is 1.97 bits per heavy atom. The van der Waals surface area contributed by atoms with Gasteiger partial charge in [-0.3, -0.25) is 0 Å². The average Bonchev–Trinajstić information content (AvgIpc) is 3.30. The van der Waals surface area contributed by atoms with Gasteiger partial charge in [0.25, 0.3) is 0 Å². The highest BCUT2D eigenvalue weighted by Crippen LogP contribution is 2.33. The first-order chi connectivity index (χ1) is 14.9. The Morgan fingerprint density at radius 1 is 1.19 bits per heavy atom. The summed E-state index contributed by atoms with van der Waals surface area (Å²) in [5, 5.41) is 8.52. The van der Waals surface area contributed by atoms with Gasteiger partial charge in [0.05, 0.1) is 12.7 Å². The summed E-state index contributed by atoms with van der Waals surface area (Å²) < 4.78 is 12.4. The topological polar surface area (TPSA) is 87.8 Å². The molecule has 0 aliphatic carbocycles. The van der Waals surface area contributed by atoms with Crippen molar-refractivity contribution in [2.24, 2.45) is 5.16 Å². The molecule has 2 aromatic carbocycles. The number of hydrogen-bond acceptors (Lipinski definition) is 7. The zero-order chi connectivity index (χ0) is 21.8. The van der Waals surface area contributed by atoms with Crippen LogP contribution in [0.25, 0.3) is 0 Å². The molecule has 3 aromatic rings. The maximum absolute atomic E-state index is 11.6. The van der Waals surface area contributed by atoms with Crippen molar-refractivity contribution in [3.8, 4) is 5.75 Å². The first-order valence-corrected chi connectivity index (χ1v) is 10.00. The van der Waals surface area contributed by atoms with Gasteiger partial charge in [0.2, 0.25) is 5.84 Å². The van der Waals surface area contributed by atoms with Gasteiger partial charge in [-0.15, -0.1) is 0 Å². The van der Waals surface area contributed by atoms with E-state index < -0.39 is 0 Å². The van der Waals surface area contributed by atoms with Crippen LogP contribution in [-0.2, 0) is 22.6 Å². The van der Waals surface area contributed by atoms with Crippen LogP contribution in [0.15, 0.2) is 60.3 Å². The van der Waals surface area contributed by atoms with E-state index in [0.29, 0.717) is 11.4 Å². The van der Waals surface area contributed by atoms with Crippen molar-refractivity contribution in [1.29, 1.82) is 0 Å². The van der Waals surface area contributed by atoms with Gasteiger partial charge in [-0.1, -0.05) is 29.4 Å². The Hall–Kier alpha value is -3.68. The molecule has 160 valence electrons. The van der Waals surface area contributed by atoms with Gasteiger partial charge in [-0.2, -0.15) is 9.78 Å². The molecule has 0 fully saturated rings. The molecule has 4 rings (SSSR count). The molecule has 31 heavy (non-hydrogen) atoms. The van der Waals surface area contributed by atoms with Crippen LogP contribution in [0.2, 0.25) is 0 Å². The standard InChI is InChI=1S/C23H24N4O4/c1-23(2)11-10-17-8-9-19(12-20(17)31-23)21(27-15-24-14-25-27)26-30-13-16-4-6-18(7-5-16)22(28)29-3/h4-9,12,14-15H,10-11,13H2,1-3H3/b26-21-. The van der Waals surface area contributed by atoms with Crippen LogP contribution in [0.3, 0.4) is 0 Å². The molecule has 0 spiro atoms. The van der Waals surface area contributed by atoms with E-state index in [0.717, 1.165) is 29.7 Å². The number of nitrogens with zero attached hydrogens (tertiary/aromatic N) is 4. The smallest absolute Gasteiger partial charge is 0.337 e.